The molecule has 1 atom stereocenters. The number of sulfonamides is 1. The Kier molecular flexibility index (Phi) is 6.45. The molecule has 0 fully saturated rings. The van der Waals surface area contributed by atoms with Gasteiger partial charge in [-0.1, -0.05) is 71.8 Å². The van der Waals surface area contributed by atoms with Gasteiger partial charge in [0.15, 0.2) is 0 Å². The third-order valence-corrected chi connectivity index (χ3v) is 6.49. The number of benzene rings is 3. The number of tetrazole rings is 1. The number of nitrogens with zero attached hydrogens (tertiary/aromatic N) is 4. The SMILES string of the molecule is CC1=C(C(=O)OCc2ccccc2)C(c2ccccc2-c2cccc(NS(C)(=O)=O)c2)n2nnnc2N1. The van der Waals surface area contributed by atoms with Crippen molar-refractivity contribution in [1.29, 1.82) is 0 Å². The number of hydrogen-bond acceptors (Lipinski definition) is 8. The van der Waals surface area contributed by atoms with E-state index in [9.17, 15) is 13.2 Å². The van der Waals surface area contributed by atoms with E-state index in [1.165, 1.54) is 0 Å². The number of ether oxygens (including phenoxy) is 1. The van der Waals surface area contributed by atoms with Gasteiger partial charge in [0.2, 0.25) is 16.0 Å². The molecule has 37 heavy (non-hydrogen) atoms. The fourth-order valence-electron chi connectivity index (χ4n) is 4.33. The second-order valence-corrected chi connectivity index (χ2v) is 10.4. The maximum absolute atomic E-state index is 13.5. The first-order valence-electron chi connectivity index (χ1n) is 11.4. The van der Waals surface area contributed by atoms with Crippen molar-refractivity contribution in [3.05, 3.63) is 101 Å². The van der Waals surface area contributed by atoms with E-state index in [1.54, 1.807) is 29.8 Å². The summed E-state index contributed by atoms with van der Waals surface area (Å²) < 4.78 is 33.3. The predicted molar refractivity (Wildman–Crippen MR) is 139 cm³/mol. The van der Waals surface area contributed by atoms with Crippen LogP contribution < -0.4 is 10.0 Å². The van der Waals surface area contributed by atoms with E-state index in [0.29, 0.717) is 22.9 Å². The Hall–Kier alpha value is -4.51. The molecule has 4 aromatic rings. The van der Waals surface area contributed by atoms with Crippen molar-refractivity contribution in [2.45, 2.75) is 19.6 Å². The van der Waals surface area contributed by atoms with Crippen molar-refractivity contribution in [2.75, 3.05) is 16.3 Å². The van der Waals surface area contributed by atoms with Gasteiger partial charge in [-0.2, -0.15) is 4.68 Å². The lowest BCUT2D eigenvalue weighted by Crippen LogP contribution is -2.30. The Morgan fingerprint density at radius 1 is 1.05 bits per heavy atom. The van der Waals surface area contributed by atoms with Gasteiger partial charge in [0.05, 0.1) is 11.8 Å². The zero-order valence-corrected chi connectivity index (χ0v) is 20.9. The molecule has 188 valence electrons. The molecule has 0 saturated carbocycles. The van der Waals surface area contributed by atoms with Crippen LogP contribution in [0.4, 0.5) is 11.6 Å². The molecule has 11 heteroatoms. The smallest absolute Gasteiger partial charge is 0.338 e. The van der Waals surface area contributed by atoms with Crippen LogP contribution in [0.1, 0.15) is 24.1 Å². The Morgan fingerprint density at radius 3 is 2.59 bits per heavy atom. The number of carbonyl (C=O) groups is 1. The Balaban J connectivity index is 1.57. The number of fused-ring (bicyclic) bond motifs is 1. The molecule has 1 unspecified atom stereocenters. The number of anilines is 2. The van der Waals surface area contributed by atoms with Gasteiger partial charge >= 0.3 is 5.97 Å². The highest BCUT2D eigenvalue weighted by Gasteiger charge is 2.36. The Bertz CT molecular complexity index is 1600. The average molecular weight is 517 g/mol. The van der Waals surface area contributed by atoms with E-state index in [0.717, 1.165) is 28.5 Å². The summed E-state index contributed by atoms with van der Waals surface area (Å²) in [4.78, 5) is 13.5. The molecule has 5 rings (SSSR count). The summed E-state index contributed by atoms with van der Waals surface area (Å²) in [6.45, 7) is 1.90. The summed E-state index contributed by atoms with van der Waals surface area (Å²) >= 11 is 0. The molecule has 0 amide bonds. The van der Waals surface area contributed by atoms with Crippen molar-refractivity contribution in [2.24, 2.45) is 0 Å². The lowest BCUT2D eigenvalue weighted by molar-refractivity contribution is -0.140. The molecule has 0 saturated heterocycles. The molecule has 0 aliphatic carbocycles. The summed E-state index contributed by atoms with van der Waals surface area (Å²) in [5, 5.41) is 15.1. The van der Waals surface area contributed by atoms with Crippen LogP contribution in [0.25, 0.3) is 11.1 Å². The number of rotatable bonds is 7. The molecule has 0 radical (unpaired) electrons. The van der Waals surface area contributed by atoms with Gasteiger partial charge in [-0.15, -0.1) is 0 Å². The van der Waals surface area contributed by atoms with E-state index in [-0.39, 0.29) is 6.61 Å². The van der Waals surface area contributed by atoms with Gasteiger partial charge in [0, 0.05) is 11.4 Å². The Labute approximate surface area is 214 Å². The van der Waals surface area contributed by atoms with Crippen molar-refractivity contribution in [3.8, 4) is 11.1 Å². The predicted octanol–water partition coefficient (Wildman–Crippen LogP) is 3.74. The molecular weight excluding hydrogens is 492 g/mol. The molecule has 10 nitrogen and oxygen atoms in total. The van der Waals surface area contributed by atoms with Crippen LogP contribution in [0.2, 0.25) is 0 Å². The topological polar surface area (TPSA) is 128 Å². The van der Waals surface area contributed by atoms with E-state index < -0.39 is 22.0 Å². The first-order valence-corrected chi connectivity index (χ1v) is 13.3. The molecule has 1 aliphatic rings. The van der Waals surface area contributed by atoms with E-state index >= 15 is 0 Å². The standard InChI is InChI=1S/C26H24N6O4S/c1-17-23(25(33)36-16-18-9-4-3-5-10-18)24(32-26(27-17)28-30-31-32)22-14-7-6-13-21(22)19-11-8-12-20(15-19)29-37(2,34)35/h3-15,24,29H,16H2,1-2H3,(H,27,28,31). The van der Waals surface area contributed by atoms with Crippen molar-refractivity contribution in [1.82, 2.24) is 20.2 Å². The number of esters is 1. The first-order chi connectivity index (χ1) is 17.8. The number of carbonyl (C=O) groups excluding carboxylic acids is 1. The maximum atomic E-state index is 13.5. The van der Waals surface area contributed by atoms with Crippen LogP contribution >= 0.6 is 0 Å². The summed E-state index contributed by atoms with van der Waals surface area (Å²) in [5.74, 6) is -0.105. The van der Waals surface area contributed by atoms with Gasteiger partial charge in [-0.25, -0.2) is 13.2 Å². The molecular formula is C26H24N6O4S. The highest BCUT2D eigenvalue weighted by atomic mass is 32.2. The Morgan fingerprint density at radius 2 is 1.81 bits per heavy atom. The third kappa shape index (κ3) is 5.21. The molecule has 2 heterocycles. The molecule has 3 aromatic carbocycles. The number of nitrogens with one attached hydrogen (secondary N) is 2. The second kappa shape index (κ2) is 9.86. The lowest BCUT2D eigenvalue weighted by atomic mass is 9.89. The monoisotopic (exact) mass is 516 g/mol. The molecule has 0 spiro atoms. The molecule has 1 aliphatic heterocycles. The van der Waals surface area contributed by atoms with Crippen LogP contribution in [-0.4, -0.2) is 40.9 Å². The zero-order valence-electron chi connectivity index (χ0n) is 20.1. The van der Waals surface area contributed by atoms with Gasteiger partial charge in [0.25, 0.3) is 0 Å². The van der Waals surface area contributed by atoms with E-state index in [4.69, 9.17) is 4.74 Å². The number of hydrogen-bond donors (Lipinski definition) is 2. The summed E-state index contributed by atoms with van der Waals surface area (Å²) in [6, 6.07) is 23.4. The molecule has 1 aromatic heterocycles. The van der Waals surface area contributed by atoms with Crippen LogP contribution in [0.3, 0.4) is 0 Å². The third-order valence-electron chi connectivity index (χ3n) is 5.88. The minimum atomic E-state index is -3.45. The van der Waals surface area contributed by atoms with E-state index in [2.05, 4.69) is 25.6 Å². The summed E-state index contributed by atoms with van der Waals surface area (Å²) in [6.07, 6.45) is 1.10. The molecule has 2 N–H and O–H groups in total. The highest BCUT2D eigenvalue weighted by Crippen LogP contribution is 2.40. The fraction of sp³-hybridized carbons (Fsp3) is 0.154. The minimum Gasteiger partial charge on any atom is -0.457 e. The van der Waals surface area contributed by atoms with Crippen molar-refractivity contribution in [3.63, 3.8) is 0 Å². The van der Waals surface area contributed by atoms with Gasteiger partial charge in [-0.3, -0.25) is 4.72 Å². The average Bonchev–Trinajstić information content (AvgIpc) is 3.34. The minimum absolute atomic E-state index is 0.118. The number of aromatic nitrogens is 4. The quantitative estimate of drug-likeness (QED) is 0.356. The second-order valence-electron chi connectivity index (χ2n) is 8.62. The van der Waals surface area contributed by atoms with Gasteiger partial charge in [0.1, 0.15) is 12.6 Å². The van der Waals surface area contributed by atoms with Crippen LogP contribution in [0.5, 0.6) is 0 Å². The van der Waals surface area contributed by atoms with E-state index in [1.807, 2.05) is 60.7 Å². The van der Waals surface area contributed by atoms with Crippen molar-refractivity contribution >= 4 is 27.6 Å². The zero-order chi connectivity index (χ0) is 26.0. The summed E-state index contributed by atoms with van der Waals surface area (Å²) in [7, 11) is -3.45. The van der Waals surface area contributed by atoms with Crippen LogP contribution in [0.15, 0.2) is 90.1 Å². The van der Waals surface area contributed by atoms with Crippen molar-refractivity contribution < 1.29 is 17.9 Å². The normalized spacial score (nSPS) is 15.0. The fourth-order valence-corrected chi connectivity index (χ4v) is 4.88. The summed E-state index contributed by atoms with van der Waals surface area (Å²) in [5.41, 5.74) is 4.54. The largest absolute Gasteiger partial charge is 0.457 e. The number of allylic oxidation sites excluding steroid dienone is 1. The van der Waals surface area contributed by atoms with Crippen LogP contribution in [0, 0.1) is 0 Å². The van der Waals surface area contributed by atoms with Gasteiger partial charge < -0.3 is 10.1 Å². The van der Waals surface area contributed by atoms with Gasteiger partial charge in [-0.05, 0) is 51.7 Å². The maximum Gasteiger partial charge on any atom is 0.338 e. The molecule has 0 bridgehead atoms. The highest BCUT2D eigenvalue weighted by molar-refractivity contribution is 7.92. The first kappa shape index (κ1) is 24.2. The lowest BCUT2D eigenvalue weighted by Gasteiger charge is -2.29. The van der Waals surface area contributed by atoms with Crippen LogP contribution in [-0.2, 0) is 26.2 Å².